The van der Waals surface area contributed by atoms with Gasteiger partial charge in [-0.15, -0.1) is 10.2 Å². The van der Waals surface area contributed by atoms with Gasteiger partial charge in [-0.1, -0.05) is 30.3 Å². The van der Waals surface area contributed by atoms with Crippen molar-refractivity contribution >= 4 is 5.97 Å². The lowest BCUT2D eigenvalue weighted by Crippen LogP contribution is -2.68. The molecule has 1 atom stereocenters. The Morgan fingerprint density at radius 2 is 1.65 bits per heavy atom. The maximum Gasteiger partial charge on any atom is 0.309 e. The number of quaternary nitrogens is 1. The molecule has 0 saturated heterocycles. The van der Waals surface area contributed by atoms with E-state index in [9.17, 15) is 4.79 Å². The van der Waals surface area contributed by atoms with Gasteiger partial charge >= 0.3 is 5.97 Å². The zero-order valence-corrected chi connectivity index (χ0v) is 9.50. The second-order valence-corrected chi connectivity index (χ2v) is 3.84. The van der Waals surface area contributed by atoms with E-state index < -0.39 is 16.2 Å². The molecule has 96 valence electrons. The quantitative estimate of drug-likeness (QED) is 0.562. The average Bonchev–Trinajstić information content (AvgIpc) is 2.15. The summed E-state index contributed by atoms with van der Waals surface area (Å²) in [6, 6.07) is 9.30. The number of rotatable bonds is 3. The molecule has 0 bridgehead atoms. The molecule has 0 spiro atoms. The number of benzene rings is 1. The van der Waals surface area contributed by atoms with Crippen LogP contribution in [-0.2, 0) is 4.79 Å². The maximum atomic E-state index is 10.3. The Bertz CT molecular complexity index is 333. The lowest BCUT2D eigenvalue weighted by molar-refractivity contribution is -2.00. The monoisotopic (exact) mass is 265 g/mol. The second kappa shape index (κ2) is 7.17. The van der Waals surface area contributed by atoms with Crippen molar-refractivity contribution in [3.63, 3.8) is 0 Å². The van der Waals surface area contributed by atoms with Gasteiger partial charge in [0, 0.05) is 5.56 Å². The molecule has 7 nitrogen and oxygen atoms in total. The van der Waals surface area contributed by atoms with Crippen molar-refractivity contribution in [1.29, 1.82) is 0 Å². The van der Waals surface area contributed by atoms with Crippen molar-refractivity contribution in [3.8, 4) is 0 Å². The number of halogens is 1. The standard InChI is InChI=1S/C9H11NO2.ClHO4/c10-8(6-9(11)12)7-4-2-1-3-5-7;2-1(3,4)5/h1-5,8H,6,10H2,(H,11,12);(H,2,3,4,5)/t8-;/m1./s1. The minimum atomic E-state index is -4.94. The molecule has 0 saturated carbocycles. The molecule has 8 heteroatoms. The summed E-state index contributed by atoms with van der Waals surface area (Å²) in [7, 11) is -4.94. The normalized spacial score (nSPS) is 12.3. The van der Waals surface area contributed by atoms with Crippen molar-refractivity contribution in [1.82, 2.24) is 0 Å². The molecule has 0 fully saturated rings. The molecule has 17 heavy (non-hydrogen) atoms. The summed E-state index contributed by atoms with van der Waals surface area (Å²) in [5, 5.41) is 8.51. The first-order valence-electron chi connectivity index (χ1n) is 4.41. The molecular weight excluding hydrogens is 254 g/mol. The van der Waals surface area contributed by atoms with E-state index in [1.54, 1.807) is 0 Å². The molecule has 4 N–H and O–H groups in total. The topological polar surface area (TPSA) is 157 Å². The third-order valence-electron chi connectivity index (χ3n) is 1.69. The second-order valence-electron chi connectivity index (χ2n) is 3.08. The van der Waals surface area contributed by atoms with Gasteiger partial charge in [-0.3, -0.25) is 4.79 Å². The van der Waals surface area contributed by atoms with Gasteiger partial charge in [0.05, 0.1) is 0 Å². The van der Waals surface area contributed by atoms with Crippen molar-refractivity contribution in [2.24, 2.45) is 0 Å². The van der Waals surface area contributed by atoms with Gasteiger partial charge in [-0.05, 0) is 0 Å². The summed E-state index contributed by atoms with van der Waals surface area (Å²) in [5.74, 6) is -0.807. The smallest absolute Gasteiger partial charge is 0.309 e. The first-order chi connectivity index (χ1) is 7.70. The molecule has 0 aromatic heterocycles. The van der Waals surface area contributed by atoms with Crippen LogP contribution in [0.3, 0.4) is 0 Å². The number of hydrogen-bond acceptors (Lipinski definition) is 5. The fourth-order valence-electron chi connectivity index (χ4n) is 1.05. The van der Waals surface area contributed by atoms with Gasteiger partial charge in [-0.2, -0.15) is 0 Å². The molecule has 0 unspecified atom stereocenters. The van der Waals surface area contributed by atoms with Crippen molar-refractivity contribution < 1.29 is 44.5 Å². The van der Waals surface area contributed by atoms with Crippen LogP contribution in [0.1, 0.15) is 18.0 Å². The maximum absolute atomic E-state index is 10.3. The van der Waals surface area contributed by atoms with Gasteiger partial charge in [-0.25, -0.2) is 18.6 Å². The number of aliphatic carboxylic acids is 1. The predicted molar refractivity (Wildman–Crippen MR) is 44.3 cm³/mol. The van der Waals surface area contributed by atoms with E-state index in [1.807, 2.05) is 30.3 Å². The first-order valence-corrected chi connectivity index (χ1v) is 5.65. The van der Waals surface area contributed by atoms with Gasteiger partial charge in [0.25, 0.3) is 0 Å². The van der Waals surface area contributed by atoms with Crippen molar-refractivity contribution in [2.45, 2.75) is 12.5 Å². The Labute approximate surface area is 99.5 Å². The predicted octanol–water partition coefficient (Wildman–Crippen LogP) is -4.31. The molecule has 0 aliphatic heterocycles. The molecule has 0 heterocycles. The largest absolute Gasteiger partial charge is 0.481 e. The highest BCUT2D eigenvalue weighted by Crippen LogP contribution is 2.10. The Kier molecular flexibility index (Phi) is 6.66. The minimum absolute atomic E-state index is 0.0873. The molecule has 0 radical (unpaired) electrons. The molecule has 0 aliphatic carbocycles. The van der Waals surface area contributed by atoms with E-state index >= 15 is 0 Å². The van der Waals surface area contributed by atoms with Crippen LogP contribution < -0.4 is 24.4 Å². The lowest BCUT2D eigenvalue weighted by atomic mass is 10.1. The van der Waals surface area contributed by atoms with Crippen LogP contribution in [0, 0.1) is 10.2 Å². The van der Waals surface area contributed by atoms with Gasteiger partial charge in [0.15, 0.2) is 0 Å². The molecule has 0 aliphatic rings. The van der Waals surface area contributed by atoms with E-state index in [0.29, 0.717) is 0 Å². The SMILES string of the molecule is [NH3+][C@H](CC(=O)O)c1ccccc1.[O-][Cl+3]([O-])([O-])[O-]. The van der Waals surface area contributed by atoms with Crippen LogP contribution in [0.15, 0.2) is 30.3 Å². The lowest BCUT2D eigenvalue weighted by Gasteiger charge is -2.17. The van der Waals surface area contributed by atoms with E-state index in [-0.39, 0.29) is 12.5 Å². The summed E-state index contributed by atoms with van der Waals surface area (Å²) in [6.45, 7) is 0. The zero-order chi connectivity index (χ0) is 13.5. The zero-order valence-electron chi connectivity index (χ0n) is 8.74. The third kappa shape index (κ3) is 11.1. The molecule has 1 aromatic rings. The third-order valence-corrected chi connectivity index (χ3v) is 1.69. The number of hydrogen-bond donors (Lipinski definition) is 2. The molecule has 0 amide bonds. The summed E-state index contributed by atoms with van der Waals surface area (Å²) in [5.41, 5.74) is 4.74. The van der Waals surface area contributed by atoms with Crippen LogP contribution in [0.2, 0.25) is 0 Å². The fourth-order valence-corrected chi connectivity index (χ4v) is 1.05. The van der Waals surface area contributed by atoms with Crippen LogP contribution in [0.5, 0.6) is 0 Å². The summed E-state index contributed by atoms with van der Waals surface area (Å²) in [6.07, 6.45) is 0.0873. The Hall–Kier alpha value is -1.22. The molecule has 1 rings (SSSR count). The van der Waals surface area contributed by atoms with E-state index in [2.05, 4.69) is 5.73 Å². The summed E-state index contributed by atoms with van der Waals surface area (Å²) >= 11 is 0. The Balaban J connectivity index is 0.000000437. The summed E-state index contributed by atoms with van der Waals surface area (Å²) in [4.78, 5) is 10.3. The van der Waals surface area contributed by atoms with Crippen molar-refractivity contribution in [2.75, 3.05) is 0 Å². The molecule has 1 aromatic carbocycles. The Morgan fingerprint density at radius 1 is 1.24 bits per heavy atom. The minimum Gasteiger partial charge on any atom is -0.481 e. The average molecular weight is 266 g/mol. The van der Waals surface area contributed by atoms with Gasteiger partial charge < -0.3 is 10.8 Å². The number of carboxylic acid groups (broad SMARTS) is 1. The van der Waals surface area contributed by atoms with Crippen LogP contribution in [-0.4, -0.2) is 11.1 Å². The van der Waals surface area contributed by atoms with Crippen LogP contribution in [0.4, 0.5) is 0 Å². The molecular formula is C9H12ClNO6. The highest BCUT2D eigenvalue weighted by atomic mass is 35.7. The van der Waals surface area contributed by atoms with Crippen LogP contribution in [0.25, 0.3) is 0 Å². The first kappa shape index (κ1) is 15.8. The highest BCUT2D eigenvalue weighted by Gasteiger charge is 2.12. The van der Waals surface area contributed by atoms with Crippen LogP contribution >= 0.6 is 0 Å². The van der Waals surface area contributed by atoms with E-state index in [1.165, 1.54) is 0 Å². The summed E-state index contributed by atoms with van der Waals surface area (Å²) < 4.78 is 34.0. The van der Waals surface area contributed by atoms with Crippen molar-refractivity contribution in [3.05, 3.63) is 35.9 Å². The number of carbonyl (C=O) groups is 1. The highest BCUT2D eigenvalue weighted by molar-refractivity contribution is 5.67. The van der Waals surface area contributed by atoms with E-state index in [0.717, 1.165) is 5.56 Å². The van der Waals surface area contributed by atoms with Gasteiger partial charge in [0.1, 0.15) is 12.5 Å². The number of carboxylic acids is 1. The van der Waals surface area contributed by atoms with Gasteiger partial charge in [0.2, 0.25) is 0 Å². The Morgan fingerprint density at radius 3 is 2.00 bits per heavy atom. The fraction of sp³-hybridized carbons (Fsp3) is 0.222. The van der Waals surface area contributed by atoms with E-state index in [4.69, 9.17) is 23.7 Å².